The van der Waals surface area contributed by atoms with E-state index in [1.807, 2.05) is 0 Å². The number of nitrogens with zero attached hydrogens (tertiary/aromatic N) is 1. The quantitative estimate of drug-likeness (QED) is 0.686. The van der Waals surface area contributed by atoms with Gasteiger partial charge in [-0.05, 0) is 61.5 Å². The Morgan fingerprint density at radius 3 is 2.00 bits per heavy atom. The second-order valence-electron chi connectivity index (χ2n) is 5.97. The van der Waals surface area contributed by atoms with Crippen LogP contribution < -0.4 is 0 Å². The minimum Gasteiger partial charge on any atom is -0.288 e. The molecule has 0 heterocycles. The van der Waals surface area contributed by atoms with Crippen molar-refractivity contribution in [1.82, 2.24) is 0 Å². The van der Waals surface area contributed by atoms with E-state index in [2.05, 4.69) is 4.40 Å². The van der Waals surface area contributed by atoms with Crippen LogP contribution in [0, 0.1) is 6.92 Å². The number of carbonyl (C=O) groups is 1. The Labute approximate surface area is 167 Å². The second-order valence-corrected chi connectivity index (χ2v) is 9.93. The molecule has 3 rings (SSSR count). The molecule has 1 aliphatic carbocycles. The van der Waals surface area contributed by atoms with Gasteiger partial charge in [0.25, 0.3) is 10.0 Å². The van der Waals surface area contributed by atoms with E-state index >= 15 is 0 Å². The first-order valence-corrected chi connectivity index (χ1v) is 11.3. The molecule has 0 spiro atoms. The maximum absolute atomic E-state index is 12.8. The lowest BCUT2D eigenvalue weighted by Crippen LogP contribution is -2.17. The first-order valence-electron chi connectivity index (χ1n) is 7.96. The maximum Gasteiger partial charge on any atom is 0.282 e. The van der Waals surface area contributed by atoms with Crippen LogP contribution in [0.4, 0.5) is 0 Å². The topological polar surface area (TPSA) is 97.7 Å². The van der Waals surface area contributed by atoms with E-state index in [0.29, 0.717) is 5.02 Å². The van der Waals surface area contributed by atoms with E-state index in [1.54, 1.807) is 19.1 Å². The Balaban J connectivity index is 2.04. The molecule has 0 unspecified atom stereocenters. The van der Waals surface area contributed by atoms with Crippen molar-refractivity contribution in [2.75, 3.05) is 0 Å². The number of allylic oxidation sites excluding steroid dienone is 4. The molecule has 0 amide bonds. The molecule has 0 saturated heterocycles. The second kappa shape index (κ2) is 7.46. The molecule has 28 heavy (non-hydrogen) atoms. The number of halogens is 1. The molecule has 2 aromatic rings. The molecule has 2 aromatic carbocycles. The van der Waals surface area contributed by atoms with Crippen LogP contribution in [0.2, 0.25) is 5.02 Å². The van der Waals surface area contributed by atoms with Crippen molar-refractivity contribution in [2.24, 2.45) is 4.40 Å². The average molecular weight is 436 g/mol. The van der Waals surface area contributed by atoms with Crippen molar-refractivity contribution in [3.63, 3.8) is 0 Å². The number of sulfonamides is 1. The van der Waals surface area contributed by atoms with Gasteiger partial charge in [0, 0.05) is 5.02 Å². The van der Waals surface area contributed by atoms with E-state index in [4.69, 9.17) is 11.6 Å². The fourth-order valence-electron chi connectivity index (χ4n) is 2.41. The van der Waals surface area contributed by atoms with Crippen molar-refractivity contribution >= 4 is 43.0 Å². The summed E-state index contributed by atoms with van der Waals surface area (Å²) in [6.45, 7) is 1.80. The van der Waals surface area contributed by atoms with Crippen LogP contribution >= 0.6 is 11.6 Å². The van der Waals surface area contributed by atoms with Crippen LogP contribution in [-0.2, 0) is 24.7 Å². The molecule has 0 atom stereocenters. The molecule has 144 valence electrons. The van der Waals surface area contributed by atoms with Crippen molar-refractivity contribution in [3.05, 3.63) is 82.3 Å². The van der Waals surface area contributed by atoms with E-state index in [1.165, 1.54) is 36.4 Å². The van der Waals surface area contributed by atoms with Gasteiger partial charge in [0.2, 0.25) is 9.84 Å². The Hall–Kier alpha value is -2.55. The van der Waals surface area contributed by atoms with Crippen molar-refractivity contribution in [2.45, 2.75) is 16.7 Å². The molecule has 0 N–H and O–H groups in total. The third-order valence-corrected chi connectivity index (χ3v) is 7.25. The number of carbonyl (C=O) groups excluding carboxylic acids is 1. The smallest absolute Gasteiger partial charge is 0.282 e. The van der Waals surface area contributed by atoms with Crippen LogP contribution in [0.25, 0.3) is 0 Å². The monoisotopic (exact) mass is 435 g/mol. The molecule has 0 saturated carbocycles. The summed E-state index contributed by atoms with van der Waals surface area (Å²) < 4.78 is 54.1. The van der Waals surface area contributed by atoms with Gasteiger partial charge in [0.1, 0.15) is 4.91 Å². The van der Waals surface area contributed by atoms with Gasteiger partial charge in [0.05, 0.1) is 15.5 Å². The minimum absolute atomic E-state index is 0.0621. The summed E-state index contributed by atoms with van der Waals surface area (Å²) in [5.74, 6) is -0.747. The predicted molar refractivity (Wildman–Crippen MR) is 107 cm³/mol. The van der Waals surface area contributed by atoms with E-state index < -0.39 is 30.5 Å². The Kier molecular flexibility index (Phi) is 5.38. The molecule has 0 fully saturated rings. The van der Waals surface area contributed by atoms with Gasteiger partial charge < -0.3 is 0 Å². The molecule has 1 aliphatic rings. The van der Waals surface area contributed by atoms with Gasteiger partial charge in [-0.2, -0.15) is 12.8 Å². The first-order chi connectivity index (χ1) is 13.1. The van der Waals surface area contributed by atoms with Crippen LogP contribution in [0.1, 0.15) is 5.56 Å². The third kappa shape index (κ3) is 4.14. The van der Waals surface area contributed by atoms with Gasteiger partial charge in [-0.25, -0.2) is 8.42 Å². The van der Waals surface area contributed by atoms with E-state index in [-0.39, 0.29) is 15.5 Å². The fourth-order valence-corrected chi connectivity index (χ4v) is 4.87. The largest absolute Gasteiger partial charge is 0.288 e. The summed E-state index contributed by atoms with van der Waals surface area (Å²) in [5.41, 5.74) is 0.694. The number of rotatable bonds is 4. The fraction of sp³-hybridized carbons (Fsp3) is 0.0526. The van der Waals surface area contributed by atoms with Gasteiger partial charge >= 0.3 is 0 Å². The standard InChI is InChI=1S/C19H14ClNO5S2/c1-13-2-7-16(8-3-13)27(23,24)19-12-15(6-11-18(19)22)21-28(25,26)17-9-4-14(20)5-10-17/h2-12H,1H3. The molecular weight excluding hydrogens is 422 g/mol. The van der Waals surface area contributed by atoms with Gasteiger partial charge in [-0.1, -0.05) is 29.3 Å². The molecular formula is C19H14ClNO5S2. The average Bonchev–Trinajstić information content (AvgIpc) is 2.64. The predicted octanol–water partition coefficient (Wildman–Crippen LogP) is 3.27. The lowest BCUT2D eigenvalue weighted by molar-refractivity contribution is -0.110. The van der Waals surface area contributed by atoms with Crippen molar-refractivity contribution in [1.29, 1.82) is 0 Å². The first kappa shape index (κ1) is 20.2. The Morgan fingerprint density at radius 1 is 0.821 bits per heavy atom. The zero-order valence-corrected chi connectivity index (χ0v) is 16.9. The molecule has 0 aromatic heterocycles. The van der Waals surface area contributed by atoms with Gasteiger partial charge in [-0.15, -0.1) is 0 Å². The normalized spacial score (nSPS) is 16.3. The van der Waals surface area contributed by atoms with Crippen molar-refractivity contribution < 1.29 is 21.6 Å². The number of hydrogen-bond acceptors (Lipinski definition) is 5. The van der Waals surface area contributed by atoms with Crippen LogP contribution in [-0.4, -0.2) is 28.3 Å². The Bertz CT molecular complexity index is 1240. The summed E-state index contributed by atoms with van der Waals surface area (Å²) in [7, 11) is -8.23. The minimum atomic E-state index is -4.12. The highest BCUT2D eigenvalue weighted by Gasteiger charge is 2.28. The number of benzene rings is 2. The summed E-state index contributed by atoms with van der Waals surface area (Å²) in [4.78, 5) is 11.4. The molecule has 0 aliphatic heterocycles. The molecule has 0 bridgehead atoms. The summed E-state index contributed by atoms with van der Waals surface area (Å²) in [5, 5.41) is 0.362. The van der Waals surface area contributed by atoms with E-state index in [9.17, 15) is 21.6 Å². The number of ketones is 1. The number of hydrogen-bond donors (Lipinski definition) is 0. The van der Waals surface area contributed by atoms with Crippen LogP contribution in [0.5, 0.6) is 0 Å². The lowest BCUT2D eigenvalue weighted by Gasteiger charge is -2.10. The SMILES string of the molecule is Cc1ccc(S(=O)(=O)C2=CC(=NS(=O)(=O)c3ccc(Cl)cc3)C=CC2=O)cc1. The highest BCUT2D eigenvalue weighted by molar-refractivity contribution is 7.96. The third-order valence-electron chi connectivity index (χ3n) is 3.89. The highest BCUT2D eigenvalue weighted by Crippen LogP contribution is 2.24. The van der Waals surface area contributed by atoms with E-state index in [0.717, 1.165) is 23.8 Å². The molecule has 0 radical (unpaired) electrons. The highest BCUT2D eigenvalue weighted by atomic mass is 35.5. The number of aryl methyl sites for hydroxylation is 1. The maximum atomic E-state index is 12.8. The van der Waals surface area contributed by atoms with Crippen LogP contribution in [0.15, 0.2) is 85.9 Å². The summed E-state index contributed by atoms with van der Waals surface area (Å²) in [6.07, 6.45) is 3.10. The zero-order chi connectivity index (χ0) is 20.5. The summed E-state index contributed by atoms with van der Waals surface area (Å²) in [6, 6.07) is 11.4. The van der Waals surface area contributed by atoms with Crippen molar-refractivity contribution in [3.8, 4) is 0 Å². The molecule has 9 heteroatoms. The Morgan fingerprint density at radius 2 is 1.39 bits per heavy atom. The number of sulfone groups is 1. The molecule has 6 nitrogen and oxygen atoms in total. The van der Waals surface area contributed by atoms with Crippen LogP contribution in [0.3, 0.4) is 0 Å². The zero-order valence-electron chi connectivity index (χ0n) is 14.5. The summed E-state index contributed by atoms with van der Waals surface area (Å²) >= 11 is 5.75. The van der Waals surface area contributed by atoms with Gasteiger partial charge in [0.15, 0.2) is 5.78 Å². The lowest BCUT2D eigenvalue weighted by atomic mass is 10.2. The van der Waals surface area contributed by atoms with Gasteiger partial charge in [-0.3, -0.25) is 4.79 Å².